The highest BCUT2D eigenvalue weighted by molar-refractivity contribution is 6.10. The Hall–Kier alpha value is -2.44. The van der Waals surface area contributed by atoms with Crippen LogP contribution in [0, 0.1) is 0 Å². The van der Waals surface area contributed by atoms with Gasteiger partial charge >= 0.3 is 0 Å². The highest BCUT2D eigenvalue weighted by Crippen LogP contribution is 2.44. The van der Waals surface area contributed by atoms with Crippen LogP contribution in [0.25, 0.3) is 11.0 Å². The van der Waals surface area contributed by atoms with Gasteiger partial charge in [0.2, 0.25) is 0 Å². The molecule has 0 amide bonds. The topological polar surface area (TPSA) is 81.4 Å². The fourth-order valence-corrected chi connectivity index (χ4v) is 4.43. The molecule has 0 aromatic carbocycles. The highest BCUT2D eigenvalue weighted by Gasteiger charge is 2.45. The molecule has 0 radical (unpaired) electrons. The Labute approximate surface area is 158 Å². The molecule has 3 heterocycles. The van der Waals surface area contributed by atoms with Crippen molar-refractivity contribution >= 4 is 28.2 Å². The van der Waals surface area contributed by atoms with E-state index in [1.54, 1.807) is 0 Å². The number of pyridine rings is 1. The second-order valence-corrected chi connectivity index (χ2v) is 8.04. The number of aryl methyl sites for hydroxylation is 1. The first kappa shape index (κ1) is 16.7. The Balaban J connectivity index is 1.52. The van der Waals surface area contributed by atoms with Crippen LogP contribution in [0.15, 0.2) is 17.5 Å². The van der Waals surface area contributed by atoms with Crippen molar-refractivity contribution in [1.82, 2.24) is 14.8 Å². The molecule has 0 bridgehead atoms. The molecule has 0 unspecified atom stereocenters. The van der Waals surface area contributed by atoms with Gasteiger partial charge in [0, 0.05) is 43.6 Å². The molecule has 2 aromatic heterocycles. The number of Topliss-reactive ketones (excluding diaryl/α,β-unsaturated/α-hetero) is 1. The van der Waals surface area contributed by atoms with Gasteiger partial charge in [-0.15, -0.1) is 0 Å². The van der Waals surface area contributed by atoms with Crippen LogP contribution in [-0.4, -0.2) is 37.9 Å². The summed E-state index contributed by atoms with van der Waals surface area (Å²) in [5.41, 5.74) is 3.83. The van der Waals surface area contributed by atoms with Crippen molar-refractivity contribution in [2.75, 3.05) is 5.32 Å². The molecule has 1 spiro atoms. The van der Waals surface area contributed by atoms with Gasteiger partial charge in [-0.2, -0.15) is 5.10 Å². The zero-order valence-electron chi connectivity index (χ0n) is 15.7. The average Bonchev–Trinajstić information content (AvgIpc) is 3.28. The Morgan fingerprint density at radius 3 is 2.78 bits per heavy atom. The molecule has 7 heteroatoms. The SMILES string of the molecule is CCn1ncc2c(NC3CCC(=O)CC3)c(C3=NOC4(CCC4)C3)cnc21. The van der Waals surface area contributed by atoms with Crippen LogP contribution in [0.1, 0.15) is 63.9 Å². The largest absolute Gasteiger partial charge is 0.389 e. The van der Waals surface area contributed by atoms with Crippen LogP contribution in [-0.2, 0) is 16.2 Å². The summed E-state index contributed by atoms with van der Waals surface area (Å²) in [7, 11) is 0. The van der Waals surface area contributed by atoms with Gasteiger partial charge in [0.05, 0.1) is 23.0 Å². The van der Waals surface area contributed by atoms with Gasteiger partial charge in [0.15, 0.2) is 5.65 Å². The summed E-state index contributed by atoms with van der Waals surface area (Å²) in [5, 5.41) is 13.7. The van der Waals surface area contributed by atoms with Gasteiger partial charge in [0.25, 0.3) is 0 Å². The van der Waals surface area contributed by atoms with Crippen LogP contribution in [0.5, 0.6) is 0 Å². The first-order chi connectivity index (χ1) is 13.2. The molecule has 2 aromatic rings. The predicted molar refractivity (Wildman–Crippen MR) is 103 cm³/mol. The van der Waals surface area contributed by atoms with Crippen LogP contribution in [0.4, 0.5) is 5.69 Å². The maximum Gasteiger partial charge on any atom is 0.159 e. The van der Waals surface area contributed by atoms with Gasteiger partial charge in [-0.1, -0.05) is 5.16 Å². The molecule has 5 rings (SSSR count). The van der Waals surface area contributed by atoms with E-state index in [-0.39, 0.29) is 11.6 Å². The minimum Gasteiger partial charge on any atom is -0.389 e. The van der Waals surface area contributed by atoms with Crippen LogP contribution >= 0.6 is 0 Å². The number of ketones is 1. The Morgan fingerprint density at radius 1 is 1.30 bits per heavy atom. The number of oxime groups is 1. The van der Waals surface area contributed by atoms with Gasteiger partial charge in [-0.3, -0.25) is 4.79 Å². The smallest absolute Gasteiger partial charge is 0.159 e. The Morgan fingerprint density at radius 2 is 2.11 bits per heavy atom. The summed E-state index contributed by atoms with van der Waals surface area (Å²) in [4.78, 5) is 22.1. The van der Waals surface area contributed by atoms with Gasteiger partial charge < -0.3 is 10.2 Å². The van der Waals surface area contributed by atoms with Crippen LogP contribution < -0.4 is 5.32 Å². The van der Waals surface area contributed by atoms with Crippen LogP contribution in [0.3, 0.4) is 0 Å². The lowest BCUT2D eigenvalue weighted by Crippen LogP contribution is -2.37. The molecule has 1 aliphatic heterocycles. The van der Waals surface area contributed by atoms with E-state index < -0.39 is 0 Å². The zero-order chi connectivity index (χ0) is 18.4. The molecule has 142 valence electrons. The maximum absolute atomic E-state index is 11.6. The molecule has 27 heavy (non-hydrogen) atoms. The number of rotatable bonds is 4. The van der Waals surface area contributed by atoms with Crippen molar-refractivity contribution in [2.24, 2.45) is 5.16 Å². The van der Waals surface area contributed by atoms with Gasteiger partial charge in [0.1, 0.15) is 11.4 Å². The van der Waals surface area contributed by atoms with E-state index in [1.165, 1.54) is 6.42 Å². The van der Waals surface area contributed by atoms with E-state index in [0.717, 1.165) is 66.6 Å². The number of hydrogen-bond acceptors (Lipinski definition) is 6. The third-order valence-electron chi connectivity index (χ3n) is 6.27. The summed E-state index contributed by atoms with van der Waals surface area (Å²) < 4.78 is 1.91. The minimum absolute atomic E-state index is 0.0770. The summed E-state index contributed by atoms with van der Waals surface area (Å²) in [5.74, 6) is 0.368. The lowest BCUT2D eigenvalue weighted by Gasteiger charge is -2.34. The normalized spacial score (nSPS) is 22.0. The fourth-order valence-electron chi connectivity index (χ4n) is 4.43. The molecule has 0 atom stereocenters. The number of aromatic nitrogens is 3. The Bertz CT molecular complexity index is 918. The van der Waals surface area contributed by atoms with Crippen molar-refractivity contribution < 1.29 is 9.63 Å². The van der Waals surface area contributed by atoms with E-state index in [2.05, 4.69) is 27.5 Å². The first-order valence-electron chi connectivity index (χ1n) is 10.1. The first-order valence-corrected chi connectivity index (χ1v) is 10.1. The van der Waals surface area contributed by atoms with Crippen molar-refractivity contribution in [3.05, 3.63) is 18.0 Å². The summed E-state index contributed by atoms with van der Waals surface area (Å²) in [6, 6.07) is 0.289. The summed E-state index contributed by atoms with van der Waals surface area (Å²) in [6.45, 7) is 2.84. The van der Waals surface area contributed by atoms with Crippen LogP contribution in [0.2, 0.25) is 0 Å². The zero-order valence-corrected chi connectivity index (χ0v) is 15.7. The molecule has 2 aliphatic carbocycles. The molecule has 2 saturated carbocycles. The minimum atomic E-state index is -0.0770. The number of nitrogens with one attached hydrogen (secondary N) is 1. The fraction of sp³-hybridized carbons (Fsp3) is 0.600. The second kappa shape index (κ2) is 6.32. The van der Waals surface area contributed by atoms with Gasteiger partial charge in [-0.05, 0) is 39.0 Å². The van der Waals surface area contributed by atoms with Crippen molar-refractivity contribution in [1.29, 1.82) is 0 Å². The maximum atomic E-state index is 11.6. The lowest BCUT2D eigenvalue weighted by atomic mass is 9.76. The third kappa shape index (κ3) is 2.80. The summed E-state index contributed by atoms with van der Waals surface area (Å²) >= 11 is 0. The van der Waals surface area contributed by atoms with E-state index in [4.69, 9.17) is 4.84 Å². The molecule has 2 fully saturated rings. The van der Waals surface area contributed by atoms with E-state index in [0.29, 0.717) is 18.6 Å². The number of hydrogen-bond donors (Lipinski definition) is 1. The third-order valence-corrected chi connectivity index (χ3v) is 6.27. The molecule has 0 saturated heterocycles. The van der Waals surface area contributed by atoms with Gasteiger partial charge in [-0.25, -0.2) is 9.67 Å². The quantitative estimate of drug-likeness (QED) is 0.895. The lowest BCUT2D eigenvalue weighted by molar-refractivity contribution is -0.120. The van der Waals surface area contributed by atoms with Crippen molar-refractivity contribution in [2.45, 2.75) is 76.5 Å². The molecule has 7 nitrogen and oxygen atoms in total. The molecule has 1 N–H and O–H groups in total. The predicted octanol–water partition coefficient (Wildman–Crippen LogP) is 3.42. The van der Waals surface area contributed by atoms with E-state index >= 15 is 0 Å². The Kier molecular flexibility index (Phi) is 3.91. The highest BCUT2D eigenvalue weighted by atomic mass is 16.7. The molecule has 3 aliphatic rings. The molecular formula is C20H25N5O2. The number of nitrogens with zero attached hydrogens (tertiary/aromatic N) is 4. The van der Waals surface area contributed by atoms with Crippen molar-refractivity contribution in [3.63, 3.8) is 0 Å². The number of carbonyl (C=O) groups excluding carboxylic acids is 1. The monoisotopic (exact) mass is 367 g/mol. The standard InChI is InChI=1S/C20H25N5O2/c1-2-25-19-16(12-22-25)18(23-13-4-6-14(26)7-5-13)15(11-21-19)17-10-20(27-24-17)8-3-9-20/h11-13H,2-10H2,1H3,(H,21,23). The number of carbonyl (C=O) groups is 1. The number of fused-ring (bicyclic) bond motifs is 1. The number of anilines is 1. The summed E-state index contributed by atoms with van der Waals surface area (Å²) in [6.07, 6.45) is 11.1. The second-order valence-electron chi connectivity index (χ2n) is 8.04. The molecular weight excluding hydrogens is 342 g/mol. The van der Waals surface area contributed by atoms with Crippen molar-refractivity contribution in [3.8, 4) is 0 Å². The van der Waals surface area contributed by atoms with E-state index in [1.807, 2.05) is 17.1 Å². The average molecular weight is 367 g/mol. The van der Waals surface area contributed by atoms with E-state index in [9.17, 15) is 4.79 Å².